The van der Waals surface area contributed by atoms with E-state index in [2.05, 4.69) is 0 Å². The first-order valence-corrected chi connectivity index (χ1v) is 4.72. The van der Waals surface area contributed by atoms with E-state index < -0.39 is 5.97 Å². The number of nitrogens with zero attached hydrogens (tertiary/aromatic N) is 1. The third-order valence-corrected chi connectivity index (χ3v) is 2.43. The summed E-state index contributed by atoms with van der Waals surface area (Å²) in [5.74, 6) is -0.679. The van der Waals surface area contributed by atoms with Crippen molar-refractivity contribution in [3.63, 3.8) is 0 Å². The molecular weight excluding hydrogens is 194 g/mol. The van der Waals surface area contributed by atoms with Crippen LogP contribution >= 0.6 is 0 Å². The maximum Gasteiger partial charge on any atom is 0.317 e. The normalized spacial score (nSPS) is 12.7. The summed E-state index contributed by atoms with van der Waals surface area (Å²) in [6, 6.07) is 6.82. The van der Waals surface area contributed by atoms with Gasteiger partial charge in [-0.25, -0.2) is 0 Å². The molecule has 15 heavy (non-hydrogen) atoms. The van der Waals surface area contributed by atoms with Crippen molar-refractivity contribution in [1.82, 2.24) is 4.90 Å². The molecule has 1 unspecified atom stereocenters. The second-order valence-corrected chi connectivity index (χ2v) is 3.54. The SMILES string of the molecule is CC(c1ccccc1O)N(C)CC(=O)O. The number of hydrogen-bond donors (Lipinski definition) is 2. The standard InChI is InChI=1S/C11H15NO3/c1-8(12(2)7-11(14)15)9-5-3-4-6-10(9)13/h3-6,8,13H,7H2,1-2H3,(H,14,15). The minimum absolute atomic E-state index is 0.0461. The van der Waals surface area contributed by atoms with E-state index >= 15 is 0 Å². The lowest BCUT2D eigenvalue weighted by Crippen LogP contribution is -2.28. The third kappa shape index (κ3) is 2.95. The molecule has 1 aromatic carbocycles. The van der Waals surface area contributed by atoms with Crippen molar-refractivity contribution >= 4 is 5.97 Å². The van der Waals surface area contributed by atoms with Crippen LogP contribution in [0.5, 0.6) is 5.75 Å². The van der Waals surface area contributed by atoms with Crippen molar-refractivity contribution in [1.29, 1.82) is 0 Å². The molecular formula is C11H15NO3. The minimum atomic E-state index is -0.875. The average molecular weight is 209 g/mol. The molecule has 0 aliphatic carbocycles. The van der Waals surface area contributed by atoms with Gasteiger partial charge in [0.1, 0.15) is 5.75 Å². The first-order chi connectivity index (χ1) is 7.02. The number of rotatable bonds is 4. The Morgan fingerprint density at radius 1 is 1.47 bits per heavy atom. The Kier molecular flexibility index (Phi) is 3.68. The number of carboxylic acid groups (broad SMARTS) is 1. The lowest BCUT2D eigenvalue weighted by Gasteiger charge is -2.23. The van der Waals surface area contributed by atoms with E-state index in [9.17, 15) is 9.90 Å². The molecule has 0 spiro atoms. The van der Waals surface area contributed by atoms with Crippen molar-refractivity contribution in [3.05, 3.63) is 29.8 Å². The van der Waals surface area contributed by atoms with Crippen molar-refractivity contribution in [2.45, 2.75) is 13.0 Å². The molecule has 0 amide bonds. The molecule has 0 bridgehead atoms. The van der Waals surface area contributed by atoms with Gasteiger partial charge in [-0.1, -0.05) is 18.2 Å². The highest BCUT2D eigenvalue weighted by atomic mass is 16.4. The molecule has 0 saturated heterocycles. The van der Waals surface area contributed by atoms with E-state index in [0.29, 0.717) is 0 Å². The number of hydrogen-bond acceptors (Lipinski definition) is 3. The highest BCUT2D eigenvalue weighted by Crippen LogP contribution is 2.26. The van der Waals surface area contributed by atoms with Crippen LogP contribution in [0.15, 0.2) is 24.3 Å². The van der Waals surface area contributed by atoms with Gasteiger partial charge in [0.15, 0.2) is 0 Å². The van der Waals surface area contributed by atoms with Crippen molar-refractivity contribution in [2.24, 2.45) is 0 Å². The third-order valence-electron chi connectivity index (χ3n) is 2.43. The number of benzene rings is 1. The number of carbonyl (C=O) groups is 1. The highest BCUT2D eigenvalue weighted by molar-refractivity contribution is 5.69. The summed E-state index contributed by atoms with van der Waals surface area (Å²) in [5.41, 5.74) is 0.737. The van der Waals surface area contributed by atoms with Gasteiger partial charge in [-0.15, -0.1) is 0 Å². The molecule has 0 heterocycles. The first-order valence-electron chi connectivity index (χ1n) is 4.72. The van der Waals surface area contributed by atoms with Crippen molar-refractivity contribution in [3.8, 4) is 5.75 Å². The topological polar surface area (TPSA) is 60.8 Å². The molecule has 4 heteroatoms. The maximum atomic E-state index is 10.5. The molecule has 0 radical (unpaired) electrons. The number of para-hydroxylation sites is 1. The molecule has 82 valence electrons. The highest BCUT2D eigenvalue weighted by Gasteiger charge is 2.16. The largest absolute Gasteiger partial charge is 0.508 e. The summed E-state index contributed by atoms with van der Waals surface area (Å²) in [4.78, 5) is 12.2. The van der Waals surface area contributed by atoms with Crippen LogP contribution in [0, 0.1) is 0 Å². The molecule has 2 N–H and O–H groups in total. The first kappa shape index (κ1) is 11.5. The minimum Gasteiger partial charge on any atom is -0.508 e. The Hall–Kier alpha value is -1.55. The number of aliphatic carboxylic acids is 1. The van der Waals surface area contributed by atoms with Gasteiger partial charge in [-0.3, -0.25) is 9.69 Å². The van der Waals surface area contributed by atoms with E-state index in [1.165, 1.54) is 0 Å². The molecule has 1 atom stereocenters. The number of aromatic hydroxyl groups is 1. The lowest BCUT2D eigenvalue weighted by atomic mass is 10.1. The zero-order valence-corrected chi connectivity index (χ0v) is 8.84. The lowest BCUT2D eigenvalue weighted by molar-refractivity contribution is -0.138. The zero-order valence-electron chi connectivity index (χ0n) is 8.84. The summed E-state index contributed by atoms with van der Waals surface area (Å²) in [6.45, 7) is 1.81. The fraction of sp³-hybridized carbons (Fsp3) is 0.364. The molecule has 0 saturated carbocycles. The van der Waals surface area contributed by atoms with Crippen LogP contribution in [0.4, 0.5) is 0 Å². The molecule has 0 aliphatic rings. The van der Waals surface area contributed by atoms with Gasteiger partial charge in [-0.05, 0) is 20.0 Å². The number of likely N-dealkylation sites (N-methyl/N-ethyl adjacent to an activating group) is 1. The van der Waals surface area contributed by atoms with Crippen LogP contribution in [0.2, 0.25) is 0 Å². The van der Waals surface area contributed by atoms with Crippen molar-refractivity contribution in [2.75, 3.05) is 13.6 Å². The maximum absolute atomic E-state index is 10.5. The van der Waals surface area contributed by atoms with Crippen LogP contribution in [0.3, 0.4) is 0 Å². The molecule has 0 fully saturated rings. The smallest absolute Gasteiger partial charge is 0.317 e. The van der Waals surface area contributed by atoms with E-state index in [0.717, 1.165) is 5.56 Å². The Morgan fingerprint density at radius 3 is 2.60 bits per heavy atom. The van der Waals surface area contributed by atoms with Gasteiger partial charge in [0.05, 0.1) is 6.54 Å². The molecule has 1 rings (SSSR count). The Bertz CT molecular complexity index is 351. The van der Waals surface area contributed by atoms with Gasteiger partial charge in [0.2, 0.25) is 0 Å². The number of carboxylic acids is 1. The molecule has 0 aliphatic heterocycles. The van der Waals surface area contributed by atoms with Crippen LogP contribution in [-0.4, -0.2) is 34.7 Å². The van der Waals surface area contributed by atoms with E-state index in [1.807, 2.05) is 13.0 Å². The second kappa shape index (κ2) is 4.79. The van der Waals surface area contributed by atoms with E-state index in [-0.39, 0.29) is 18.3 Å². The quantitative estimate of drug-likeness (QED) is 0.788. The zero-order chi connectivity index (χ0) is 11.4. The molecule has 4 nitrogen and oxygen atoms in total. The van der Waals surface area contributed by atoms with E-state index in [4.69, 9.17) is 5.11 Å². The Morgan fingerprint density at radius 2 is 2.07 bits per heavy atom. The predicted octanol–water partition coefficient (Wildman–Crippen LogP) is 1.47. The fourth-order valence-electron chi connectivity index (χ4n) is 1.43. The van der Waals surface area contributed by atoms with Crippen LogP contribution < -0.4 is 0 Å². The average Bonchev–Trinajstić information content (AvgIpc) is 2.16. The van der Waals surface area contributed by atoms with Crippen molar-refractivity contribution < 1.29 is 15.0 Å². The summed E-state index contributed by atoms with van der Waals surface area (Å²) in [7, 11) is 1.71. The summed E-state index contributed by atoms with van der Waals surface area (Å²) < 4.78 is 0. The fourth-order valence-corrected chi connectivity index (χ4v) is 1.43. The van der Waals surface area contributed by atoms with Gasteiger partial charge in [0, 0.05) is 11.6 Å². The van der Waals surface area contributed by atoms with Crippen LogP contribution in [0.25, 0.3) is 0 Å². The molecule has 1 aromatic rings. The van der Waals surface area contributed by atoms with Gasteiger partial charge < -0.3 is 10.2 Å². The van der Waals surface area contributed by atoms with Gasteiger partial charge >= 0.3 is 5.97 Å². The second-order valence-electron chi connectivity index (χ2n) is 3.54. The van der Waals surface area contributed by atoms with Gasteiger partial charge in [0.25, 0.3) is 0 Å². The monoisotopic (exact) mass is 209 g/mol. The van der Waals surface area contributed by atoms with Crippen LogP contribution in [-0.2, 0) is 4.79 Å². The Labute approximate surface area is 88.8 Å². The number of phenolic OH excluding ortho intramolecular Hbond substituents is 1. The Balaban J connectivity index is 2.80. The van der Waals surface area contributed by atoms with Gasteiger partial charge in [-0.2, -0.15) is 0 Å². The summed E-state index contributed by atoms with van der Waals surface area (Å²) in [5, 5.41) is 18.2. The number of phenols is 1. The van der Waals surface area contributed by atoms with Crippen LogP contribution in [0.1, 0.15) is 18.5 Å². The van der Waals surface area contributed by atoms with E-state index in [1.54, 1.807) is 30.1 Å². The summed E-state index contributed by atoms with van der Waals surface area (Å²) in [6.07, 6.45) is 0. The predicted molar refractivity (Wildman–Crippen MR) is 56.8 cm³/mol. The molecule has 0 aromatic heterocycles. The summed E-state index contributed by atoms with van der Waals surface area (Å²) >= 11 is 0.